The van der Waals surface area contributed by atoms with E-state index in [0.717, 1.165) is 5.39 Å². The van der Waals surface area contributed by atoms with Crippen LogP contribution in [0.5, 0.6) is 0 Å². The molecule has 0 spiro atoms. The Morgan fingerprint density at radius 1 is 1.23 bits per heavy atom. The molecule has 1 saturated heterocycles. The fourth-order valence-corrected chi connectivity index (χ4v) is 6.06. The Morgan fingerprint density at radius 2 is 2.00 bits per heavy atom. The van der Waals surface area contributed by atoms with Gasteiger partial charge in [0, 0.05) is 38.7 Å². The average Bonchev–Trinajstić information content (AvgIpc) is 3.61. The number of benzene rings is 2. The summed E-state index contributed by atoms with van der Waals surface area (Å²) in [4.78, 5) is 45.8. The standard InChI is InChI=1S/C29H28Cl2N6O7/c1-43-23-13-37(12-20(23)38)29(34-14-32)33-10-19(28(41)42)35-26(39)24-18(30)8-16-11-36(7-6-17(16)25(24)31)27(40)22-9-15-4-2-3-5-21(15)44-22/h2-5,8-9,19-20,23,38H,6-7,10-13H2,1H3,(H,33,34)(H,35,39)(H,41,42)/t19-,20+,23+/m0/s1. The van der Waals surface area contributed by atoms with Gasteiger partial charge >= 0.3 is 5.97 Å². The Labute approximate surface area is 261 Å². The second kappa shape index (κ2) is 13.1. The van der Waals surface area contributed by atoms with Crippen LogP contribution >= 0.6 is 23.2 Å². The monoisotopic (exact) mass is 642 g/mol. The SMILES string of the molecule is CO[C@@H]1CN(C(=NC[C@H](NC(=O)c2c(Cl)cc3c(c2Cl)CCN(C(=O)c2cc4ccccc4o2)C3)C(=O)O)NC#N)C[C@H]1O. The Hall–Kier alpha value is -4.35. The van der Waals surface area contributed by atoms with Gasteiger partial charge in [-0.1, -0.05) is 41.4 Å². The van der Waals surface area contributed by atoms with Crippen LogP contribution in [0.4, 0.5) is 0 Å². The number of amides is 2. The Balaban J connectivity index is 1.30. The summed E-state index contributed by atoms with van der Waals surface area (Å²) in [5.41, 5.74) is 1.79. The number of hydrogen-bond donors (Lipinski definition) is 4. The lowest BCUT2D eigenvalue weighted by atomic mass is 9.96. The third-order valence-electron chi connectivity index (χ3n) is 7.59. The van der Waals surface area contributed by atoms with Crippen molar-refractivity contribution in [1.29, 1.82) is 5.26 Å². The number of carboxylic acid groups (broad SMARTS) is 1. The van der Waals surface area contributed by atoms with Gasteiger partial charge in [-0.3, -0.25) is 14.9 Å². The van der Waals surface area contributed by atoms with Crippen molar-refractivity contribution < 1.29 is 33.8 Å². The molecule has 3 atom stereocenters. The molecule has 44 heavy (non-hydrogen) atoms. The number of guanidine groups is 1. The Kier molecular flexibility index (Phi) is 9.26. The van der Waals surface area contributed by atoms with Crippen molar-refractivity contribution in [2.24, 2.45) is 4.99 Å². The Morgan fingerprint density at radius 3 is 2.68 bits per heavy atom. The van der Waals surface area contributed by atoms with Crippen molar-refractivity contribution in [2.45, 2.75) is 31.2 Å². The molecular weight excluding hydrogens is 615 g/mol. The van der Waals surface area contributed by atoms with E-state index >= 15 is 0 Å². The number of furan rings is 1. The minimum Gasteiger partial charge on any atom is -0.480 e. The van der Waals surface area contributed by atoms with Gasteiger partial charge in [0.25, 0.3) is 11.8 Å². The molecule has 1 fully saturated rings. The number of halogens is 2. The minimum atomic E-state index is -1.50. The fourth-order valence-electron chi connectivity index (χ4n) is 5.30. The van der Waals surface area contributed by atoms with Crippen LogP contribution in [-0.4, -0.2) is 95.3 Å². The molecule has 0 saturated carbocycles. The largest absolute Gasteiger partial charge is 0.480 e. The van der Waals surface area contributed by atoms with Crippen LogP contribution in [-0.2, 0) is 22.5 Å². The molecule has 3 heterocycles. The number of aliphatic hydroxyl groups excluding tert-OH is 1. The molecule has 13 nitrogen and oxygen atoms in total. The molecule has 3 aromatic rings. The van der Waals surface area contributed by atoms with E-state index in [4.69, 9.17) is 37.6 Å². The van der Waals surface area contributed by atoms with E-state index in [2.05, 4.69) is 15.6 Å². The van der Waals surface area contributed by atoms with Crippen molar-refractivity contribution in [3.05, 3.63) is 68.9 Å². The molecular formula is C29H28Cl2N6O7. The number of carbonyl (C=O) groups excluding carboxylic acids is 2. The van der Waals surface area contributed by atoms with E-state index < -0.39 is 36.7 Å². The van der Waals surface area contributed by atoms with Gasteiger partial charge in [-0.15, -0.1) is 0 Å². The average molecular weight is 643 g/mol. The van der Waals surface area contributed by atoms with Gasteiger partial charge in [0.2, 0.25) is 5.96 Å². The Bertz CT molecular complexity index is 1650. The zero-order valence-corrected chi connectivity index (χ0v) is 24.9. The summed E-state index contributed by atoms with van der Waals surface area (Å²) in [6.45, 7) is 0.382. The number of para-hydroxylation sites is 1. The summed E-state index contributed by atoms with van der Waals surface area (Å²) in [7, 11) is 1.44. The molecule has 230 valence electrons. The molecule has 2 amide bonds. The topological polar surface area (TPSA) is 181 Å². The number of likely N-dealkylation sites (tertiary alicyclic amines) is 1. The summed E-state index contributed by atoms with van der Waals surface area (Å²) in [6.07, 6.45) is 0.724. The zero-order valence-electron chi connectivity index (χ0n) is 23.4. The van der Waals surface area contributed by atoms with Crippen molar-refractivity contribution >= 4 is 57.9 Å². The van der Waals surface area contributed by atoms with E-state index in [9.17, 15) is 24.6 Å². The molecule has 2 aliphatic rings. The first-order valence-corrected chi connectivity index (χ1v) is 14.3. The highest BCUT2D eigenvalue weighted by Gasteiger charge is 2.34. The number of rotatable bonds is 7. The first kappa shape index (κ1) is 31.1. The number of methoxy groups -OCH3 is 1. The molecule has 4 N–H and O–H groups in total. The first-order chi connectivity index (χ1) is 21.1. The molecule has 0 aliphatic carbocycles. The maximum atomic E-state index is 13.3. The number of aliphatic carboxylic acids is 1. The lowest BCUT2D eigenvalue weighted by molar-refractivity contribution is -0.138. The number of hydrogen-bond acceptors (Lipinski definition) is 8. The van der Waals surface area contributed by atoms with Crippen LogP contribution in [0.25, 0.3) is 11.0 Å². The van der Waals surface area contributed by atoms with Gasteiger partial charge in [0.15, 0.2) is 12.0 Å². The fraction of sp³-hybridized carbons (Fsp3) is 0.345. The number of aliphatic imine (C=N–C) groups is 1. The second-order valence-corrected chi connectivity index (χ2v) is 11.1. The predicted molar refractivity (Wildman–Crippen MR) is 159 cm³/mol. The highest BCUT2D eigenvalue weighted by molar-refractivity contribution is 6.40. The first-order valence-electron chi connectivity index (χ1n) is 13.6. The van der Waals surface area contributed by atoms with Crippen molar-refractivity contribution in [3.63, 3.8) is 0 Å². The van der Waals surface area contributed by atoms with E-state index in [1.54, 1.807) is 34.2 Å². The third-order valence-corrected chi connectivity index (χ3v) is 8.30. The second-order valence-electron chi connectivity index (χ2n) is 10.3. The van der Waals surface area contributed by atoms with Crippen LogP contribution in [0.3, 0.4) is 0 Å². The molecule has 5 rings (SSSR count). The molecule has 2 aliphatic heterocycles. The summed E-state index contributed by atoms with van der Waals surface area (Å²) in [6, 6.07) is 9.05. The third kappa shape index (κ3) is 6.29. The normalized spacial score (nSPS) is 18.9. The van der Waals surface area contributed by atoms with Crippen LogP contribution in [0.15, 0.2) is 45.8 Å². The number of nitrogens with one attached hydrogen (secondary N) is 2. The number of ether oxygens (including phenoxy) is 1. The molecule has 1 aromatic heterocycles. The molecule has 0 bridgehead atoms. The summed E-state index contributed by atoms with van der Waals surface area (Å²) in [5, 5.41) is 34.7. The van der Waals surface area contributed by atoms with Crippen molar-refractivity contribution in [3.8, 4) is 6.19 Å². The van der Waals surface area contributed by atoms with Gasteiger partial charge < -0.3 is 34.5 Å². The van der Waals surface area contributed by atoms with Gasteiger partial charge in [-0.25, -0.2) is 9.79 Å². The number of nitrogens with zero attached hydrogens (tertiary/aromatic N) is 4. The van der Waals surface area contributed by atoms with Gasteiger partial charge in [0.1, 0.15) is 17.7 Å². The molecule has 0 radical (unpaired) electrons. The summed E-state index contributed by atoms with van der Waals surface area (Å²) >= 11 is 13.1. The quantitative estimate of drug-likeness (QED) is 0.129. The molecule has 2 aromatic carbocycles. The summed E-state index contributed by atoms with van der Waals surface area (Å²) in [5.74, 6) is -2.26. The van der Waals surface area contributed by atoms with Gasteiger partial charge in [-0.05, 0) is 35.7 Å². The van der Waals surface area contributed by atoms with Gasteiger partial charge in [0.05, 0.1) is 28.3 Å². The number of fused-ring (bicyclic) bond motifs is 2. The lowest BCUT2D eigenvalue weighted by Gasteiger charge is -2.30. The predicted octanol–water partition coefficient (Wildman–Crippen LogP) is 2.24. The van der Waals surface area contributed by atoms with E-state index in [1.807, 2.05) is 18.2 Å². The van der Waals surface area contributed by atoms with Crippen LogP contribution in [0.2, 0.25) is 10.0 Å². The van der Waals surface area contributed by atoms with Crippen molar-refractivity contribution in [2.75, 3.05) is 33.3 Å². The highest BCUT2D eigenvalue weighted by atomic mass is 35.5. The van der Waals surface area contributed by atoms with Crippen LogP contribution in [0.1, 0.15) is 32.0 Å². The smallest absolute Gasteiger partial charge is 0.328 e. The molecule has 15 heteroatoms. The maximum Gasteiger partial charge on any atom is 0.328 e. The number of carboxylic acids is 1. The van der Waals surface area contributed by atoms with E-state index in [-0.39, 0.29) is 52.9 Å². The lowest BCUT2D eigenvalue weighted by Crippen LogP contribution is -2.45. The molecule has 0 unspecified atom stereocenters. The number of aliphatic hydroxyl groups is 1. The van der Waals surface area contributed by atoms with Crippen molar-refractivity contribution in [1.82, 2.24) is 20.4 Å². The minimum absolute atomic E-state index is 0.0135. The van der Waals surface area contributed by atoms with Crippen LogP contribution < -0.4 is 10.6 Å². The van der Waals surface area contributed by atoms with Crippen LogP contribution in [0, 0.1) is 11.5 Å². The van der Waals surface area contributed by atoms with Gasteiger partial charge in [-0.2, -0.15) is 5.26 Å². The maximum absolute atomic E-state index is 13.3. The number of β-amino-alcohol motifs (C(OH)–C–C–N with tert-alkyl or cyclic N) is 1. The van der Waals surface area contributed by atoms with E-state index in [0.29, 0.717) is 29.7 Å². The zero-order chi connectivity index (χ0) is 31.5. The highest BCUT2D eigenvalue weighted by Crippen LogP contribution is 2.35. The van der Waals surface area contributed by atoms with E-state index in [1.165, 1.54) is 7.11 Å². The number of carbonyl (C=O) groups is 3. The summed E-state index contributed by atoms with van der Waals surface area (Å²) < 4.78 is 10.9. The number of nitriles is 1.